The first-order valence-corrected chi connectivity index (χ1v) is 7.26. The van der Waals surface area contributed by atoms with Crippen molar-refractivity contribution in [3.63, 3.8) is 0 Å². The molecule has 4 heteroatoms. The third kappa shape index (κ3) is 3.32. The van der Waals surface area contributed by atoms with Crippen molar-refractivity contribution in [3.05, 3.63) is 15.9 Å². The number of aliphatic hydroxyl groups excluding tert-OH is 1. The Morgan fingerprint density at radius 2 is 2.00 bits per heavy atom. The molecular formula is C13H23BrN2O. The highest BCUT2D eigenvalue weighted by molar-refractivity contribution is 9.10. The fraction of sp³-hybridized carbons (Fsp3) is 0.769. The molecule has 1 aromatic heterocycles. The van der Waals surface area contributed by atoms with Crippen LogP contribution in [0.25, 0.3) is 0 Å². The van der Waals surface area contributed by atoms with Crippen molar-refractivity contribution >= 4 is 15.9 Å². The summed E-state index contributed by atoms with van der Waals surface area (Å²) in [5.41, 5.74) is 2.32. The zero-order valence-electron chi connectivity index (χ0n) is 11.2. The Hall–Kier alpha value is -0.350. The largest absolute Gasteiger partial charge is 0.393 e. The fourth-order valence-corrected chi connectivity index (χ4v) is 2.78. The minimum atomic E-state index is -0.229. The number of aliphatic hydroxyl groups is 1. The average Bonchev–Trinajstić information content (AvgIpc) is 2.65. The molecule has 0 radical (unpaired) electrons. The van der Waals surface area contributed by atoms with E-state index in [0.29, 0.717) is 0 Å². The highest BCUT2D eigenvalue weighted by Gasteiger charge is 2.19. The molecule has 1 heterocycles. The van der Waals surface area contributed by atoms with Crippen molar-refractivity contribution < 1.29 is 5.11 Å². The summed E-state index contributed by atoms with van der Waals surface area (Å²) in [5, 5.41) is 14.4. The standard InChI is InChI=1S/C13H23BrN2O/c1-5-10-13(14)11(16(7-3)15-10)8-9(4)12(17)6-2/h9,12,17H,5-8H2,1-4H3. The smallest absolute Gasteiger partial charge is 0.0766 e. The van der Waals surface area contributed by atoms with Crippen LogP contribution in [-0.2, 0) is 19.4 Å². The van der Waals surface area contributed by atoms with Crippen LogP contribution in [0.15, 0.2) is 4.47 Å². The second-order valence-electron chi connectivity index (χ2n) is 4.53. The van der Waals surface area contributed by atoms with Crippen LogP contribution in [-0.4, -0.2) is 21.0 Å². The quantitative estimate of drug-likeness (QED) is 0.876. The van der Waals surface area contributed by atoms with Crippen LogP contribution in [0.5, 0.6) is 0 Å². The van der Waals surface area contributed by atoms with Crippen LogP contribution in [0.4, 0.5) is 0 Å². The molecule has 0 aromatic carbocycles. The number of hydrogen-bond acceptors (Lipinski definition) is 2. The van der Waals surface area contributed by atoms with E-state index in [1.165, 1.54) is 5.69 Å². The van der Waals surface area contributed by atoms with Gasteiger partial charge in [0.05, 0.1) is 22.0 Å². The fourth-order valence-electron chi connectivity index (χ4n) is 2.06. The molecule has 3 nitrogen and oxygen atoms in total. The van der Waals surface area contributed by atoms with E-state index in [1.54, 1.807) is 0 Å². The van der Waals surface area contributed by atoms with Crippen LogP contribution < -0.4 is 0 Å². The van der Waals surface area contributed by atoms with Crippen molar-refractivity contribution in [1.29, 1.82) is 0 Å². The van der Waals surface area contributed by atoms with Crippen LogP contribution in [0.1, 0.15) is 45.5 Å². The Bertz CT molecular complexity index is 363. The summed E-state index contributed by atoms with van der Waals surface area (Å²) in [6.45, 7) is 9.21. The van der Waals surface area contributed by atoms with E-state index in [4.69, 9.17) is 0 Å². The third-order valence-corrected chi connectivity index (χ3v) is 4.20. The van der Waals surface area contributed by atoms with Crippen molar-refractivity contribution in [1.82, 2.24) is 9.78 Å². The molecule has 0 saturated carbocycles. The Morgan fingerprint density at radius 1 is 1.35 bits per heavy atom. The second-order valence-corrected chi connectivity index (χ2v) is 5.33. The molecule has 0 aliphatic rings. The van der Waals surface area contributed by atoms with Gasteiger partial charge in [-0.25, -0.2) is 0 Å². The number of rotatable bonds is 6. The van der Waals surface area contributed by atoms with E-state index < -0.39 is 0 Å². The molecule has 1 N–H and O–H groups in total. The molecule has 0 aliphatic heterocycles. The molecule has 0 bridgehead atoms. The molecule has 1 rings (SSSR count). The number of aromatic nitrogens is 2. The maximum atomic E-state index is 9.86. The predicted molar refractivity (Wildman–Crippen MR) is 74.1 cm³/mol. The summed E-state index contributed by atoms with van der Waals surface area (Å²) in [4.78, 5) is 0. The van der Waals surface area contributed by atoms with Gasteiger partial charge in [-0.15, -0.1) is 0 Å². The van der Waals surface area contributed by atoms with Gasteiger partial charge in [0.15, 0.2) is 0 Å². The maximum Gasteiger partial charge on any atom is 0.0766 e. The molecule has 0 amide bonds. The zero-order chi connectivity index (χ0) is 13.0. The van der Waals surface area contributed by atoms with E-state index in [2.05, 4.69) is 41.8 Å². The number of halogens is 1. The van der Waals surface area contributed by atoms with Gasteiger partial charge in [-0.05, 0) is 48.0 Å². The molecular weight excluding hydrogens is 280 g/mol. The molecule has 17 heavy (non-hydrogen) atoms. The highest BCUT2D eigenvalue weighted by Crippen LogP contribution is 2.26. The molecule has 2 atom stereocenters. The van der Waals surface area contributed by atoms with Gasteiger partial charge < -0.3 is 5.11 Å². The van der Waals surface area contributed by atoms with Crippen molar-refractivity contribution in [3.8, 4) is 0 Å². The second kappa shape index (κ2) is 6.55. The highest BCUT2D eigenvalue weighted by atomic mass is 79.9. The molecule has 1 aromatic rings. The molecule has 0 spiro atoms. The summed E-state index contributed by atoms with van der Waals surface area (Å²) >= 11 is 3.64. The Kier molecular flexibility index (Phi) is 5.67. The van der Waals surface area contributed by atoms with Gasteiger partial charge in [-0.3, -0.25) is 4.68 Å². The van der Waals surface area contributed by atoms with Gasteiger partial charge >= 0.3 is 0 Å². The predicted octanol–water partition coefficient (Wildman–Crippen LogP) is 3.18. The maximum absolute atomic E-state index is 9.86. The van der Waals surface area contributed by atoms with Crippen molar-refractivity contribution in [2.75, 3.05) is 0 Å². The number of aryl methyl sites for hydroxylation is 2. The summed E-state index contributed by atoms with van der Waals surface area (Å²) in [6.07, 6.45) is 2.38. The first-order chi connectivity index (χ1) is 8.04. The third-order valence-electron chi connectivity index (χ3n) is 3.28. The van der Waals surface area contributed by atoms with Gasteiger partial charge in [0, 0.05) is 6.54 Å². The summed E-state index contributed by atoms with van der Waals surface area (Å²) < 4.78 is 3.17. The van der Waals surface area contributed by atoms with Crippen LogP contribution in [0.2, 0.25) is 0 Å². The van der Waals surface area contributed by atoms with Gasteiger partial charge in [0.2, 0.25) is 0 Å². The number of hydrogen-bond donors (Lipinski definition) is 1. The van der Waals surface area contributed by atoms with Gasteiger partial charge in [-0.1, -0.05) is 20.8 Å². The summed E-state index contributed by atoms with van der Waals surface area (Å²) in [7, 11) is 0. The number of nitrogens with zero attached hydrogens (tertiary/aromatic N) is 2. The van der Waals surface area contributed by atoms with Gasteiger partial charge in [0.1, 0.15) is 0 Å². The summed E-state index contributed by atoms with van der Waals surface area (Å²) in [5.74, 6) is 0.267. The lowest BCUT2D eigenvalue weighted by Crippen LogP contribution is -2.20. The molecule has 0 fully saturated rings. The van der Waals surface area contributed by atoms with Crippen LogP contribution in [0, 0.1) is 5.92 Å². The zero-order valence-corrected chi connectivity index (χ0v) is 12.8. The molecule has 0 saturated heterocycles. The van der Waals surface area contributed by atoms with Crippen LogP contribution in [0.3, 0.4) is 0 Å². The Morgan fingerprint density at radius 3 is 2.47 bits per heavy atom. The lowest BCUT2D eigenvalue weighted by atomic mass is 9.97. The SMILES string of the molecule is CCc1nn(CC)c(CC(C)C(O)CC)c1Br. The lowest BCUT2D eigenvalue weighted by molar-refractivity contribution is 0.111. The summed E-state index contributed by atoms with van der Waals surface area (Å²) in [6, 6.07) is 0. The molecule has 2 unspecified atom stereocenters. The Balaban J connectivity index is 2.92. The first-order valence-electron chi connectivity index (χ1n) is 6.47. The normalized spacial score (nSPS) is 14.9. The monoisotopic (exact) mass is 302 g/mol. The van der Waals surface area contributed by atoms with Gasteiger partial charge in [0.25, 0.3) is 0 Å². The van der Waals surface area contributed by atoms with E-state index in [0.717, 1.165) is 36.0 Å². The minimum Gasteiger partial charge on any atom is -0.393 e. The molecule has 98 valence electrons. The minimum absolute atomic E-state index is 0.229. The lowest BCUT2D eigenvalue weighted by Gasteiger charge is -2.17. The average molecular weight is 303 g/mol. The van der Waals surface area contributed by atoms with Crippen molar-refractivity contribution in [2.24, 2.45) is 5.92 Å². The first kappa shape index (κ1) is 14.7. The van der Waals surface area contributed by atoms with Crippen molar-refractivity contribution in [2.45, 2.75) is 59.6 Å². The van der Waals surface area contributed by atoms with E-state index in [-0.39, 0.29) is 12.0 Å². The molecule has 0 aliphatic carbocycles. The van der Waals surface area contributed by atoms with Gasteiger partial charge in [-0.2, -0.15) is 5.10 Å². The van der Waals surface area contributed by atoms with Crippen LogP contribution >= 0.6 is 15.9 Å². The van der Waals surface area contributed by atoms with E-state index in [1.807, 2.05) is 11.6 Å². The van der Waals surface area contributed by atoms with E-state index in [9.17, 15) is 5.11 Å². The van der Waals surface area contributed by atoms with E-state index >= 15 is 0 Å². The topological polar surface area (TPSA) is 38.0 Å². The Labute approximate surface area is 112 Å².